The summed E-state index contributed by atoms with van der Waals surface area (Å²) in [6.07, 6.45) is 3.24. The van der Waals surface area contributed by atoms with Gasteiger partial charge in [0.2, 0.25) is 10.0 Å². The van der Waals surface area contributed by atoms with Gasteiger partial charge in [-0.3, -0.25) is 4.79 Å². The summed E-state index contributed by atoms with van der Waals surface area (Å²) in [6.45, 7) is 5.79. The van der Waals surface area contributed by atoms with Crippen LogP contribution in [0.25, 0.3) is 0 Å². The fourth-order valence-electron chi connectivity index (χ4n) is 4.03. The molecule has 2 aliphatic heterocycles. The lowest BCUT2D eigenvalue weighted by atomic mass is 9.80. The summed E-state index contributed by atoms with van der Waals surface area (Å²) in [5.41, 5.74) is 0.426. The lowest BCUT2D eigenvalue weighted by molar-refractivity contribution is -0.119. The third kappa shape index (κ3) is 4.70. The Balaban J connectivity index is 1.53. The molecule has 6 nitrogen and oxygen atoms in total. The van der Waals surface area contributed by atoms with E-state index in [0.29, 0.717) is 37.7 Å². The Morgan fingerprint density at radius 3 is 2.56 bits per heavy atom. The first-order valence-electron chi connectivity index (χ1n) is 9.79. The molecule has 2 heterocycles. The van der Waals surface area contributed by atoms with E-state index in [9.17, 15) is 13.2 Å². The molecule has 0 bridgehead atoms. The van der Waals surface area contributed by atoms with E-state index in [-0.39, 0.29) is 16.8 Å². The summed E-state index contributed by atoms with van der Waals surface area (Å²) in [4.78, 5) is 12.3. The second kappa shape index (κ2) is 8.29. The van der Waals surface area contributed by atoms with Crippen molar-refractivity contribution in [2.75, 3.05) is 26.2 Å². The standard InChI is InChI=1S/C20H30N2O4S/c1-16(2)27(24,25)22-11-9-20(10-12-22)14-17(8-13-26-20)15-21-19(23)18-6-4-3-5-7-18/h3-7,16-17H,8-15H2,1-2H3,(H,21,23). The van der Waals surface area contributed by atoms with E-state index >= 15 is 0 Å². The molecule has 1 N–H and O–H groups in total. The summed E-state index contributed by atoms with van der Waals surface area (Å²) in [5, 5.41) is 2.65. The maximum absolute atomic E-state index is 12.4. The lowest BCUT2D eigenvalue weighted by Gasteiger charge is -2.46. The molecule has 2 saturated heterocycles. The van der Waals surface area contributed by atoms with Crippen LogP contribution in [0.5, 0.6) is 0 Å². The molecule has 1 aromatic rings. The zero-order valence-electron chi connectivity index (χ0n) is 16.2. The molecule has 1 aromatic carbocycles. The number of rotatable bonds is 5. The third-order valence-corrected chi connectivity index (χ3v) is 8.05. The van der Waals surface area contributed by atoms with Crippen molar-refractivity contribution in [3.05, 3.63) is 35.9 Å². The number of nitrogens with one attached hydrogen (secondary N) is 1. The number of ether oxygens (including phenoxy) is 1. The van der Waals surface area contributed by atoms with Crippen LogP contribution in [0.4, 0.5) is 0 Å². The van der Waals surface area contributed by atoms with E-state index in [2.05, 4.69) is 5.32 Å². The molecule has 0 aromatic heterocycles. The Morgan fingerprint density at radius 2 is 1.93 bits per heavy atom. The van der Waals surface area contributed by atoms with E-state index in [1.54, 1.807) is 18.2 Å². The Kier molecular flexibility index (Phi) is 6.23. The van der Waals surface area contributed by atoms with Gasteiger partial charge in [0, 0.05) is 31.8 Å². The van der Waals surface area contributed by atoms with Crippen LogP contribution in [-0.2, 0) is 14.8 Å². The van der Waals surface area contributed by atoms with Crippen molar-refractivity contribution < 1.29 is 17.9 Å². The normalized spacial score (nSPS) is 23.4. The molecule has 2 fully saturated rings. The van der Waals surface area contributed by atoms with Crippen molar-refractivity contribution >= 4 is 15.9 Å². The number of hydrogen-bond donors (Lipinski definition) is 1. The highest BCUT2D eigenvalue weighted by Crippen LogP contribution is 2.38. The maximum atomic E-state index is 12.4. The van der Waals surface area contributed by atoms with Gasteiger partial charge >= 0.3 is 0 Å². The zero-order chi connectivity index (χ0) is 19.5. The van der Waals surface area contributed by atoms with Crippen LogP contribution in [0, 0.1) is 5.92 Å². The molecule has 0 aliphatic carbocycles. The van der Waals surface area contributed by atoms with Crippen LogP contribution in [-0.4, -0.2) is 55.7 Å². The largest absolute Gasteiger partial charge is 0.375 e. The van der Waals surface area contributed by atoms with Gasteiger partial charge in [-0.25, -0.2) is 12.7 Å². The van der Waals surface area contributed by atoms with Crippen LogP contribution in [0.3, 0.4) is 0 Å². The molecule has 3 rings (SSSR count). The summed E-state index contributed by atoms with van der Waals surface area (Å²) in [5.74, 6) is 0.314. The number of hydrogen-bond acceptors (Lipinski definition) is 4. The first-order chi connectivity index (χ1) is 12.8. The topological polar surface area (TPSA) is 75.7 Å². The predicted octanol–water partition coefficient (Wildman–Crippen LogP) is 2.42. The van der Waals surface area contributed by atoms with Gasteiger partial charge in [0.15, 0.2) is 0 Å². The van der Waals surface area contributed by atoms with E-state index < -0.39 is 10.0 Å². The van der Waals surface area contributed by atoms with Crippen LogP contribution in [0.15, 0.2) is 30.3 Å². The summed E-state index contributed by atoms with van der Waals surface area (Å²) in [7, 11) is -3.20. The van der Waals surface area contributed by atoms with Gasteiger partial charge in [-0.15, -0.1) is 0 Å². The lowest BCUT2D eigenvalue weighted by Crippen LogP contribution is -2.52. The average molecular weight is 395 g/mol. The van der Waals surface area contributed by atoms with Gasteiger partial charge in [-0.1, -0.05) is 18.2 Å². The highest BCUT2D eigenvalue weighted by atomic mass is 32.2. The first-order valence-corrected chi connectivity index (χ1v) is 11.3. The number of nitrogens with zero attached hydrogens (tertiary/aromatic N) is 1. The number of benzene rings is 1. The van der Waals surface area contributed by atoms with Crippen LogP contribution in [0.2, 0.25) is 0 Å². The highest BCUT2D eigenvalue weighted by Gasteiger charge is 2.42. The molecule has 1 spiro atoms. The van der Waals surface area contributed by atoms with Gasteiger partial charge in [-0.2, -0.15) is 0 Å². The second-order valence-electron chi connectivity index (χ2n) is 7.96. The summed E-state index contributed by atoms with van der Waals surface area (Å²) >= 11 is 0. The molecule has 0 radical (unpaired) electrons. The number of carbonyl (C=O) groups is 1. The van der Waals surface area contributed by atoms with Gasteiger partial charge in [-0.05, 0) is 57.6 Å². The average Bonchev–Trinajstić information content (AvgIpc) is 2.67. The zero-order valence-corrected chi connectivity index (χ0v) is 17.0. The number of carbonyl (C=O) groups excluding carboxylic acids is 1. The van der Waals surface area contributed by atoms with Gasteiger partial charge < -0.3 is 10.1 Å². The number of amides is 1. The van der Waals surface area contributed by atoms with Crippen molar-refractivity contribution in [1.82, 2.24) is 9.62 Å². The Morgan fingerprint density at radius 1 is 1.26 bits per heavy atom. The molecule has 0 saturated carbocycles. The fourth-order valence-corrected chi connectivity index (χ4v) is 5.31. The minimum atomic E-state index is -3.20. The van der Waals surface area contributed by atoms with E-state index in [0.717, 1.165) is 25.7 Å². The molecule has 7 heteroatoms. The monoisotopic (exact) mass is 394 g/mol. The van der Waals surface area contributed by atoms with Gasteiger partial charge in [0.25, 0.3) is 5.91 Å². The van der Waals surface area contributed by atoms with E-state index in [1.807, 2.05) is 30.3 Å². The third-order valence-electron chi connectivity index (χ3n) is 5.77. The van der Waals surface area contributed by atoms with Crippen LogP contribution in [0.1, 0.15) is 49.9 Å². The van der Waals surface area contributed by atoms with Crippen molar-refractivity contribution in [2.24, 2.45) is 5.92 Å². The highest BCUT2D eigenvalue weighted by molar-refractivity contribution is 7.89. The number of sulfonamides is 1. The maximum Gasteiger partial charge on any atom is 0.251 e. The van der Waals surface area contributed by atoms with Crippen molar-refractivity contribution in [1.29, 1.82) is 0 Å². The van der Waals surface area contributed by atoms with Crippen LogP contribution < -0.4 is 5.32 Å². The smallest absolute Gasteiger partial charge is 0.251 e. The molecule has 150 valence electrons. The van der Waals surface area contributed by atoms with E-state index in [1.165, 1.54) is 0 Å². The number of piperidine rings is 1. The molecule has 27 heavy (non-hydrogen) atoms. The summed E-state index contributed by atoms with van der Waals surface area (Å²) < 4.78 is 32.5. The Bertz CT molecular complexity index is 741. The molecular weight excluding hydrogens is 364 g/mol. The molecule has 2 aliphatic rings. The van der Waals surface area contributed by atoms with Crippen LogP contribution >= 0.6 is 0 Å². The SMILES string of the molecule is CC(C)S(=O)(=O)N1CCC2(CC1)CC(CNC(=O)c1ccccc1)CCO2. The van der Waals surface area contributed by atoms with Gasteiger partial charge in [0.1, 0.15) is 0 Å². The quantitative estimate of drug-likeness (QED) is 0.832. The predicted molar refractivity (Wildman–Crippen MR) is 105 cm³/mol. The molecule has 1 atom stereocenters. The van der Waals surface area contributed by atoms with Crippen molar-refractivity contribution in [3.63, 3.8) is 0 Å². The minimum absolute atomic E-state index is 0.0472. The first kappa shape index (κ1) is 20.3. The minimum Gasteiger partial charge on any atom is -0.375 e. The molecule has 1 unspecified atom stereocenters. The Labute approximate surface area is 162 Å². The Hall–Kier alpha value is -1.44. The van der Waals surface area contributed by atoms with Crippen molar-refractivity contribution in [3.8, 4) is 0 Å². The second-order valence-corrected chi connectivity index (χ2v) is 10.4. The molecular formula is C20H30N2O4S. The van der Waals surface area contributed by atoms with Crippen molar-refractivity contribution in [2.45, 2.75) is 50.4 Å². The van der Waals surface area contributed by atoms with E-state index in [4.69, 9.17) is 4.74 Å². The fraction of sp³-hybridized carbons (Fsp3) is 0.650. The van der Waals surface area contributed by atoms with Gasteiger partial charge in [0.05, 0.1) is 10.9 Å². The molecule has 1 amide bonds. The summed E-state index contributed by atoms with van der Waals surface area (Å²) in [6, 6.07) is 9.23.